The topological polar surface area (TPSA) is 72.9 Å². The highest BCUT2D eigenvalue weighted by Gasteiger charge is 2.15. The number of rotatable bonds is 8. The number of hydrogen-bond acceptors (Lipinski definition) is 7. The van der Waals surface area contributed by atoms with Crippen LogP contribution in [-0.4, -0.2) is 34.4 Å². The Morgan fingerprint density at radius 3 is 2.60 bits per heavy atom. The number of methoxy groups -OCH3 is 2. The Morgan fingerprint density at radius 2 is 1.87 bits per heavy atom. The second-order valence-electron chi connectivity index (χ2n) is 6.49. The van der Waals surface area contributed by atoms with Crippen LogP contribution in [0.3, 0.4) is 0 Å². The average molecular weight is 439 g/mol. The summed E-state index contributed by atoms with van der Waals surface area (Å²) in [5.41, 5.74) is 4.24. The Hall–Kier alpha value is -2.84. The maximum atomic E-state index is 5.53. The quantitative estimate of drug-likeness (QED) is 0.368. The number of nitrogens with zero attached hydrogens (tertiary/aromatic N) is 3. The molecule has 30 heavy (non-hydrogen) atoms. The van der Waals surface area contributed by atoms with Crippen molar-refractivity contribution in [2.75, 3.05) is 14.2 Å². The van der Waals surface area contributed by atoms with Gasteiger partial charge in [0.05, 0.1) is 25.5 Å². The van der Waals surface area contributed by atoms with E-state index in [2.05, 4.69) is 51.8 Å². The lowest BCUT2D eigenvalue weighted by Crippen LogP contribution is -1.93. The molecule has 0 bridgehead atoms. The fourth-order valence-electron chi connectivity index (χ4n) is 3.03. The second-order valence-corrected chi connectivity index (χ2v) is 8.29. The standard InChI is InChI=1S/C22H22N4O2S2/c1-4-14-8-10-15(11-9-14)20-24-22(26-25-20)30-13-16-12-29-21(23-16)17-6-5-7-18(27-2)19(17)28-3/h5-12H,4,13H2,1-3H3,(H,24,25,26). The number of aromatic amines is 1. The largest absolute Gasteiger partial charge is 0.493 e. The molecule has 0 amide bonds. The molecule has 0 fully saturated rings. The summed E-state index contributed by atoms with van der Waals surface area (Å²) in [4.78, 5) is 9.36. The van der Waals surface area contributed by atoms with Crippen molar-refractivity contribution >= 4 is 23.1 Å². The first kappa shape index (κ1) is 20.4. The van der Waals surface area contributed by atoms with Crippen LogP contribution in [0.2, 0.25) is 0 Å². The summed E-state index contributed by atoms with van der Waals surface area (Å²) < 4.78 is 10.9. The number of hydrogen-bond donors (Lipinski definition) is 1. The molecule has 0 aliphatic heterocycles. The van der Waals surface area contributed by atoms with Gasteiger partial charge in [0.1, 0.15) is 5.01 Å². The Kier molecular flexibility index (Phi) is 6.35. The first-order chi connectivity index (χ1) is 14.7. The van der Waals surface area contributed by atoms with Gasteiger partial charge in [-0.2, -0.15) is 0 Å². The van der Waals surface area contributed by atoms with E-state index in [0.29, 0.717) is 22.4 Å². The van der Waals surface area contributed by atoms with E-state index >= 15 is 0 Å². The molecule has 2 heterocycles. The smallest absolute Gasteiger partial charge is 0.209 e. The molecule has 1 N–H and O–H groups in total. The van der Waals surface area contributed by atoms with Gasteiger partial charge in [0.2, 0.25) is 5.16 Å². The minimum absolute atomic E-state index is 0.689. The third-order valence-corrected chi connectivity index (χ3v) is 6.44. The maximum Gasteiger partial charge on any atom is 0.209 e. The van der Waals surface area contributed by atoms with E-state index in [-0.39, 0.29) is 0 Å². The van der Waals surface area contributed by atoms with Crippen LogP contribution in [0.15, 0.2) is 53.0 Å². The van der Waals surface area contributed by atoms with Crippen molar-refractivity contribution in [1.29, 1.82) is 0 Å². The van der Waals surface area contributed by atoms with Crippen LogP contribution in [0.1, 0.15) is 18.2 Å². The van der Waals surface area contributed by atoms with Crippen LogP contribution in [0, 0.1) is 0 Å². The molecule has 154 valence electrons. The van der Waals surface area contributed by atoms with Gasteiger partial charge in [-0.15, -0.1) is 16.4 Å². The van der Waals surface area contributed by atoms with Crippen molar-refractivity contribution in [3.63, 3.8) is 0 Å². The van der Waals surface area contributed by atoms with E-state index in [1.54, 1.807) is 37.3 Å². The molecule has 0 aliphatic carbocycles. The van der Waals surface area contributed by atoms with Gasteiger partial charge in [-0.1, -0.05) is 49.0 Å². The van der Waals surface area contributed by atoms with Crippen molar-refractivity contribution in [3.8, 4) is 33.5 Å². The monoisotopic (exact) mass is 438 g/mol. The SMILES string of the molecule is CCc1ccc(-c2nc(SCc3csc(-c4cccc(OC)c4OC)n3)n[nH]2)cc1. The lowest BCUT2D eigenvalue weighted by Gasteiger charge is -2.10. The molecule has 6 nitrogen and oxygen atoms in total. The van der Waals surface area contributed by atoms with Gasteiger partial charge in [0, 0.05) is 16.7 Å². The lowest BCUT2D eigenvalue weighted by atomic mass is 10.1. The Morgan fingerprint density at radius 1 is 1.03 bits per heavy atom. The zero-order chi connectivity index (χ0) is 20.9. The molecule has 0 atom stereocenters. The molecular weight excluding hydrogens is 416 g/mol. The van der Waals surface area contributed by atoms with Gasteiger partial charge in [-0.25, -0.2) is 9.97 Å². The fourth-order valence-corrected chi connectivity index (χ4v) is 4.67. The molecule has 2 aromatic heterocycles. The van der Waals surface area contributed by atoms with Crippen molar-refractivity contribution in [2.24, 2.45) is 0 Å². The molecule has 0 saturated heterocycles. The van der Waals surface area contributed by atoms with Crippen LogP contribution < -0.4 is 9.47 Å². The van der Waals surface area contributed by atoms with E-state index in [1.807, 2.05) is 18.2 Å². The Balaban J connectivity index is 1.45. The Bertz CT molecular complexity index is 1120. The third kappa shape index (κ3) is 4.34. The summed E-state index contributed by atoms with van der Waals surface area (Å²) in [6.07, 6.45) is 1.02. The van der Waals surface area contributed by atoms with E-state index in [4.69, 9.17) is 14.5 Å². The van der Waals surface area contributed by atoms with E-state index in [1.165, 1.54) is 5.56 Å². The van der Waals surface area contributed by atoms with Crippen LogP contribution >= 0.6 is 23.1 Å². The molecule has 8 heteroatoms. The second kappa shape index (κ2) is 9.32. The highest BCUT2D eigenvalue weighted by Crippen LogP contribution is 2.39. The van der Waals surface area contributed by atoms with Crippen molar-refractivity contribution < 1.29 is 9.47 Å². The zero-order valence-electron chi connectivity index (χ0n) is 17.0. The number of para-hydroxylation sites is 1. The van der Waals surface area contributed by atoms with E-state index in [9.17, 15) is 0 Å². The van der Waals surface area contributed by atoms with Crippen molar-refractivity contribution in [1.82, 2.24) is 20.2 Å². The number of ether oxygens (including phenoxy) is 2. The van der Waals surface area contributed by atoms with Crippen molar-refractivity contribution in [3.05, 3.63) is 59.1 Å². The summed E-state index contributed by atoms with van der Waals surface area (Å²) in [5, 5.41) is 11.0. The van der Waals surface area contributed by atoms with Gasteiger partial charge in [-0.05, 0) is 24.1 Å². The van der Waals surface area contributed by atoms with Crippen LogP contribution in [0.25, 0.3) is 22.0 Å². The molecule has 2 aromatic carbocycles. The maximum absolute atomic E-state index is 5.53. The minimum atomic E-state index is 0.689. The molecule has 0 saturated carbocycles. The number of nitrogens with one attached hydrogen (secondary N) is 1. The number of benzene rings is 2. The van der Waals surface area contributed by atoms with Gasteiger partial charge >= 0.3 is 0 Å². The highest BCUT2D eigenvalue weighted by molar-refractivity contribution is 7.98. The molecular formula is C22H22N4O2S2. The van der Waals surface area contributed by atoms with E-state index in [0.717, 1.165) is 34.1 Å². The van der Waals surface area contributed by atoms with Gasteiger partial charge < -0.3 is 9.47 Å². The first-order valence-corrected chi connectivity index (χ1v) is 11.4. The third-order valence-electron chi connectivity index (χ3n) is 4.63. The van der Waals surface area contributed by atoms with Crippen LogP contribution in [0.5, 0.6) is 11.5 Å². The summed E-state index contributed by atoms with van der Waals surface area (Å²) in [6, 6.07) is 14.2. The van der Waals surface area contributed by atoms with Crippen LogP contribution in [0.4, 0.5) is 0 Å². The number of thiazole rings is 1. The highest BCUT2D eigenvalue weighted by atomic mass is 32.2. The Labute approximate surface area is 183 Å². The summed E-state index contributed by atoms with van der Waals surface area (Å²) in [5.74, 6) is 2.86. The summed E-state index contributed by atoms with van der Waals surface area (Å²) in [6.45, 7) is 2.15. The van der Waals surface area contributed by atoms with Gasteiger partial charge in [0.25, 0.3) is 0 Å². The molecule has 0 radical (unpaired) electrons. The first-order valence-electron chi connectivity index (χ1n) is 9.52. The zero-order valence-corrected chi connectivity index (χ0v) is 18.6. The number of H-pyrrole nitrogens is 1. The normalized spacial score (nSPS) is 10.9. The summed E-state index contributed by atoms with van der Waals surface area (Å²) >= 11 is 3.14. The number of aromatic nitrogens is 4. The molecule has 4 rings (SSSR count). The predicted molar refractivity (Wildman–Crippen MR) is 121 cm³/mol. The molecule has 0 aliphatic rings. The molecule has 4 aromatic rings. The summed E-state index contributed by atoms with van der Waals surface area (Å²) in [7, 11) is 3.27. The minimum Gasteiger partial charge on any atom is -0.493 e. The van der Waals surface area contributed by atoms with E-state index < -0.39 is 0 Å². The molecule has 0 spiro atoms. The molecule has 0 unspecified atom stereocenters. The average Bonchev–Trinajstić information content (AvgIpc) is 3.47. The number of thioether (sulfide) groups is 1. The predicted octanol–water partition coefficient (Wildman–Crippen LogP) is 5.47. The van der Waals surface area contributed by atoms with Gasteiger partial charge in [-0.3, -0.25) is 5.10 Å². The number of aryl methyl sites for hydroxylation is 1. The van der Waals surface area contributed by atoms with Crippen molar-refractivity contribution in [2.45, 2.75) is 24.3 Å². The fraction of sp³-hybridized carbons (Fsp3) is 0.227. The van der Waals surface area contributed by atoms with Crippen LogP contribution in [-0.2, 0) is 12.2 Å². The lowest BCUT2D eigenvalue weighted by molar-refractivity contribution is 0.356. The van der Waals surface area contributed by atoms with Gasteiger partial charge in [0.15, 0.2) is 17.3 Å².